The van der Waals surface area contributed by atoms with Crippen LogP contribution in [0.15, 0.2) is 0 Å². The van der Waals surface area contributed by atoms with Gasteiger partial charge in [-0.05, 0) is 87.4 Å². The molecule has 4 aliphatic carbocycles. The minimum atomic E-state index is -0.503. The largest absolute Gasteiger partial charge is 0.390 e. The monoisotopic (exact) mass is 424 g/mol. The van der Waals surface area contributed by atoms with Crippen LogP contribution in [0.1, 0.15) is 65.2 Å². The van der Waals surface area contributed by atoms with Crippen LogP contribution in [0.5, 0.6) is 0 Å². The summed E-state index contributed by atoms with van der Waals surface area (Å²) in [6, 6.07) is 0. The zero-order valence-corrected chi connectivity index (χ0v) is 17.8. The van der Waals surface area contributed by atoms with E-state index in [0.29, 0.717) is 34.5 Å². The summed E-state index contributed by atoms with van der Waals surface area (Å²) < 4.78 is 6.39. The lowest BCUT2D eigenvalue weighted by molar-refractivity contribution is -0.143. The molecule has 3 nitrogen and oxygen atoms in total. The highest BCUT2D eigenvalue weighted by Gasteiger charge is 2.67. The summed E-state index contributed by atoms with van der Waals surface area (Å²) in [6.45, 7) is 5.37. The van der Waals surface area contributed by atoms with Gasteiger partial charge in [0, 0.05) is 11.3 Å². The van der Waals surface area contributed by atoms with Crippen LogP contribution in [0.25, 0.3) is 0 Å². The Morgan fingerprint density at radius 3 is 2.69 bits per heavy atom. The molecule has 26 heavy (non-hydrogen) atoms. The Kier molecular flexibility index (Phi) is 4.04. The molecule has 3 unspecified atom stereocenters. The predicted octanol–water partition coefficient (Wildman–Crippen LogP) is 4.35. The van der Waals surface area contributed by atoms with Gasteiger partial charge in [-0.25, -0.2) is 0 Å². The van der Waals surface area contributed by atoms with Gasteiger partial charge in [-0.15, -0.1) is 0 Å². The second kappa shape index (κ2) is 5.79. The molecule has 0 aromatic rings. The number of carbonyl (C=O) groups excluding carboxylic acids is 1. The van der Waals surface area contributed by atoms with Crippen molar-refractivity contribution < 1.29 is 14.6 Å². The van der Waals surface area contributed by atoms with E-state index in [9.17, 15) is 9.90 Å². The van der Waals surface area contributed by atoms with Gasteiger partial charge in [-0.2, -0.15) is 0 Å². The first-order chi connectivity index (χ1) is 12.3. The van der Waals surface area contributed by atoms with Crippen LogP contribution in [0.4, 0.5) is 0 Å². The van der Waals surface area contributed by atoms with Gasteiger partial charge in [0.2, 0.25) is 0 Å². The van der Waals surface area contributed by atoms with E-state index >= 15 is 0 Å². The number of alkyl halides is 1. The molecule has 1 heterocycles. The number of rotatable bonds is 2. The molecular weight excluding hydrogens is 392 g/mol. The first-order valence-corrected chi connectivity index (χ1v) is 11.9. The number of hydrogen-bond donors (Lipinski definition) is 1. The van der Waals surface area contributed by atoms with E-state index in [2.05, 4.69) is 22.9 Å². The molecule has 4 saturated carbocycles. The van der Waals surface area contributed by atoms with Crippen LogP contribution in [0.3, 0.4) is 0 Å². The van der Waals surface area contributed by atoms with Gasteiger partial charge in [0.25, 0.3) is 0 Å². The molecule has 0 amide bonds. The number of aliphatic hydroxyl groups is 1. The first kappa shape index (κ1) is 18.1. The number of Topliss-reactive ketones (excluding diaryl/α,β-unsaturated/α-hetero) is 1. The lowest BCUT2D eigenvalue weighted by Crippen LogP contribution is -2.58. The van der Waals surface area contributed by atoms with E-state index in [1.54, 1.807) is 0 Å². The molecular formula is C22H33BrO3. The Hall–Kier alpha value is 0.0700. The maximum atomic E-state index is 12.6. The average Bonchev–Trinajstić information content (AvgIpc) is 3.07. The maximum absolute atomic E-state index is 12.6. The lowest BCUT2D eigenvalue weighted by Gasteiger charge is -2.60. The molecule has 2 bridgehead atoms. The van der Waals surface area contributed by atoms with E-state index in [1.807, 2.05) is 6.92 Å². The number of halogens is 1. The van der Waals surface area contributed by atoms with Crippen molar-refractivity contribution >= 4 is 21.7 Å². The lowest BCUT2D eigenvalue weighted by atomic mass is 9.44. The van der Waals surface area contributed by atoms with Crippen molar-refractivity contribution in [2.75, 3.05) is 11.9 Å². The smallest absolute Gasteiger partial charge is 0.147 e. The van der Waals surface area contributed by atoms with Crippen molar-refractivity contribution in [1.82, 2.24) is 0 Å². The summed E-state index contributed by atoms with van der Waals surface area (Å²) in [5, 5.41) is 11.2. The number of ether oxygens (including phenoxy) is 1. The van der Waals surface area contributed by atoms with Crippen LogP contribution in [0, 0.1) is 40.4 Å². The molecule has 0 aromatic carbocycles. The Bertz CT molecular complexity index is 619. The molecule has 146 valence electrons. The molecule has 5 rings (SSSR count). The molecule has 0 radical (unpaired) electrons. The molecule has 5 aliphatic rings. The van der Waals surface area contributed by atoms with Crippen molar-refractivity contribution in [2.45, 2.75) is 76.9 Å². The van der Waals surface area contributed by atoms with Gasteiger partial charge in [-0.1, -0.05) is 22.9 Å². The van der Waals surface area contributed by atoms with E-state index in [4.69, 9.17) is 4.74 Å². The van der Waals surface area contributed by atoms with E-state index in [0.717, 1.165) is 44.1 Å². The summed E-state index contributed by atoms with van der Waals surface area (Å²) in [5.41, 5.74) is 0.0145. The molecule has 4 heteroatoms. The van der Waals surface area contributed by atoms with Gasteiger partial charge >= 0.3 is 0 Å². The normalized spacial score (nSPS) is 58.0. The number of hydrogen-bond acceptors (Lipinski definition) is 3. The van der Waals surface area contributed by atoms with Crippen LogP contribution in [0.2, 0.25) is 0 Å². The predicted molar refractivity (Wildman–Crippen MR) is 104 cm³/mol. The van der Waals surface area contributed by atoms with Crippen molar-refractivity contribution in [3.63, 3.8) is 0 Å². The summed E-state index contributed by atoms with van der Waals surface area (Å²) in [7, 11) is 0. The van der Waals surface area contributed by atoms with Crippen LogP contribution >= 0.6 is 15.9 Å². The SMILES string of the molecule is CC12CCC3[C@@H](C[C@H]4OC[C@@]35CC[C@@](C)(O)CC45)[C@@H]1CC[C@@H]2C(=O)CBr. The van der Waals surface area contributed by atoms with E-state index < -0.39 is 5.60 Å². The van der Waals surface area contributed by atoms with Crippen molar-refractivity contribution in [3.05, 3.63) is 0 Å². The number of carbonyl (C=O) groups is 1. The standard InChI is InChI=1S/C22H33BrO3/c1-20(25)7-8-22-12-26-19(17(22)10-20)9-13-14-3-4-16(18(24)11-23)21(14,2)6-5-15(13)22/h13-17,19,25H,3-12H2,1-2H3/t13-,14-,15?,16+,17?,19+,20+,21?,22-/m0/s1. The third kappa shape index (κ3) is 2.27. The molecule has 9 atom stereocenters. The van der Waals surface area contributed by atoms with Gasteiger partial charge in [-0.3, -0.25) is 4.79 Å². The highest BCUT2D eigenvalue weighted by atomic mass is 79.9. The summed E-state index contributed by atoms with van der Waals surface area (Å²) in [4.78, 5) is 12.6. The summed E-state index contributed by atoms with van der Waals surface area (Å²) >= 11 is 3.43. The minimum absolute atomic E-state index is 0.203. The average molecular weight is 425 g/mol. The summed E-state index contributed by atoms with van der Waals surface area (Å²) in [5.74, 6) is 3.41. The van der Waals surface area contributed by atoms with Crippen molar-refractivity contribution in [1.29, 1.82) is 0 Å². The summed E-state index contributed by atoms with van der Waals surface area (Å²) in [6.07, 6.45) is 9.28. The molecule has 1 N–H and O–H groups in total. The van der Waals surface area contributed by atoms with Gasteiger partial charge in [0.15, 0.2) is 0 Å². The van der Waals surface area contributed by atoms with Crippen molar-refractivity contribution in [3.8, 4) is 0 Å². The molecule has 5 fully saturated rings. The van der Waals surface area contributed by atoms with Gasteiger partial charge in [0.1, 0.15) is 5.78 Å². The second-order valence-electron chi connectivity index (χ2n) is 10.8. The number of fused-ring (bicyclic) bond motifs is 3. The fourth-order valence-electron chi connectivity index (χ4n) is 8.55. The Labute approximate surface area is 165 Å². The van der Waals surface area contributed by atoms with Gasteiger partial charge < -0.3 is 9.84 Å². The van der Waals surface area contributed by atoms with Crippen molar-refractivity contribution in [2.24, 2.45) is 40.4 Å². The fraction of sp³-hybridized carbons (Fsp3) is 0.955. The second-order valence-corrected chi connectivity index (χ2v) is 11.3. The fourth-order valence-corrected chi connectivity index (χ4v) is 8.94. The highest BCUT2D eigenvalue weighted by molar-refractivity contribution is 9.09. The third-order valence-corrected chi connectivity index (χ3v) is 10.3. The van der Waals surface area contributed by atoms with Crippen LogP contribution in [-0.2, 0) is 9.53 Å². The Morgan fingerprint density at radius 2 is 1.92 bits per heavy atom. The molecule has 0 aromatic heterocycles. The first-order valence-electron chi connectivity index (χ1n) is 10.7. The van der Waals surface area contributed by atoms with E-state index in [1.165, 1.54) is 25.7 Å². The molecule has 1 saturated heterocycles. The molecule has 1 aliphatic heterocycles. The highest BCUT2D eigenvalue weighted by Crippen LogP contribution is 2.70. The van der Waals surface area contributed by atoms with Crippen LogP contribution < -0.4 is 0 Å². The third-order valence-electron chi connectivity index (χ3n) is 9.74. The Morgan fingerprint density at radius 1 is 1.12 bits per heavy atom. The van der Waals surface area contributed by atoms with Crippen LogP contribution in [-0.4, -0.2) is 34.5 Å². The van der Waals surface area contributed by atoms with Gasteiger partial charge in [0.05, 0.1) is 23.6 Å². The minimum Gasteiger partial charge on any atom is -0.390 e. The quantitative estimate of drug-likeness (QED) is 0.670. The topological polar surface area (TPSA) is 46.5 Å². The Balaban J connectivity index is 1.46. The zero-order valence-electron chi connectivity index (χ0n) is 16.2. The maximum Gasteiger partial charge on any atom is 0.147 e. The number of ketones is 1. The van der Waals surface area contributed by atoms with E-state index in [-0.39, 0.29) is 11.3 Å². The molecule has 0 spiro atoms. The zero-order chi connectivity index (χ0) is 18.3.